The molecular formula is C16H17ClN4O2. The van der Waals surface area contributed by atoms with Crippen LogP contribution < -0.4 is 10.9 Å². The van der Waals surface area contributed by atoms with Crippen LogP contribution in [0, 0.1) is 0 Å². The molecule has 1 saturated heterocycles. The largest absolute Gasteiger partial charge is 0.328 e. The van der Waals surface area contributed by atoms with E-state index in [1.165, 1.54) is 23.9 Å². The van der Waals surface area contributed by atoms with Gasteiger partial charge in [0.25, 0.3) is 11.5 Å². The second-order valence-electron chi connectivity index (χ2n) is 5.45. The Bertz CT molecular complexity index is 790. The summed E-state index contributed by atoms with van der Waals surface area (Å²) >= 11 is 6.07. The van der Waals surface area contributed by atoms with Crippen LogP contribution in [0.3, 0.4) is 0 Å². The SMILES string of the molecule is Cn1nc(C(=O)N2CCNCC2c2cccc(Cl)c2)ccc1=O. The van der Waals surface area contributed by atoms with Crippen LogP contribution in [0.2, 0.25) is 5.02 Å². The standard InChI is InChI=1S/C16H17ClN4O2/c1-20-15(22)6-5-13(19-20)16(23)21-8-7-18-10-14(21)11-3-2-4-12(17)9-11/h2-6,9,14,18H,7-8,10H2,1H3. The Labute approximate surface area is 138 Å². The normalized spacial score (nSPS) is 18.0. The third-order valence-corrected chi connectivity index (χ3v) is 4.15. The number of aryl methyl sites for hydroxylation is 1. The number of hydrogen-bond donors (Lipinski definition) is 1. The van der Waals surface area contributed by atoms with Gasteiger partial charge in [-0.1, -0.05) is 23.7 Å². The van der Waals surface area contributed by atoms with E-state index in [1.807, 2.05) is 24.3 Å². The molecule has 23 heavy (non-hydrogen) atoms. The van der Waals surface area contributed by atoms with Crippen LogP contribution >= 0.6 is 11.6 Å². The third-order valence-electron chi connectivity index (χ3n) is 3.92. The molecule has 1 aromatic carbocycles. The summed E-state index contributed by atoms with van der Waals surface area (Å²) in [4.78, 5) is 26.0. The van der Waals surface area contributed by atoms with Crippen LogP contribution in [-0.2, 0) is 7.05 Å². The van der Waals surface area contributed by atoms with Crippen LogP contribution in [0.1, 0.15) is 22.1 Å². The molecule has 2 aromatic rings. The first-order valence-corrected chi connectivity index (χ1v) is 7.75. The lowest BCUT2D eigenvalue weighted by atomic mass is 10.0. The smallest absolute Gasteiger partial charge is 0.274 e. The Balaban J connectivity index is 1.93. The number of rotatable bonds is 2. The van der Waals surface area contributed by atoms with Crippen LogP contribution in [0.4, 0.5) is 0 Å². The first-order valence-electron chi connectivity index (χ1n) is 7.38. The third kappa shape index (κ3) is 3.28. The minimum absolute atomic E-state index is 0.117. The van der Waals surface area contributed by atoms with Gasteiger partial charge in [-0.3, -0.25) is 9.59 Å². The maximum atomic E-state index is 12.8. The average molecular weight is 333 g/mol. The van der Waals surface area contributed by atoms with Gasteiger partial charge in [0.2, 0.25) is 0 Å². The summed E-state index contributed by atoms with van der Waals surface area (Å²) in [5.74, 6) is -0.188. The Morgan fingerprint density at radius 2 is 2.17 bits per heavy atom. The Morgan fingerprint density at radius 3 is 2.91 bits per heavy atom. The molecule has 1 atom stereocenters. The topological polar surface area (TPSA) is 67.2 Å². The monoisotopic (exact) mass is 332 g/mol. The molecule has 1 fully saturated rings. The maximum absolute atomic E-state index is 12.8. The molecule has 3 rings (SSSR count). The molecule has 0 spiro atoms. The van der Waals surface area contributed by atoms with E-state index in [2.05, 4.69) is 10.4 Å². The fourth-order valence-electron chi connectivity index (χ4n) is 2.72. The van der Waals surface area contributed by atoms with E-state index in [0.717, 1.165) is 5.56 Å². The lowest BCUT2D eigenvalue weighted by Crippen LogP contribution is -2.49. The molecule has 120 valence electrons. The molecule has 1 aliphatic heterocycles. The van der Waals surface area contributed by atoms with Crippen molar-refractivity contribution in [3.63, 3.8) is 0 Å². The second-order valence-corrected chi connectivity index (χ2v) is 5.89. The van der Waals surface area contributed by atoms with Gasteiger partial charge in [0.15, 0.2) is 0 Å². The first-order chi connectivity index (χ1) is 11.1. The quantitative estimate of drug-likeness (QED) is 0.898. The van der Waals surface area contributed by atoms with E-state index in [4.69, 9.17) is 11.6 Å². The number of hydrogen-bond acceptors (Lipinski definition) is 4. The average Bonchev–Trinajstić information content (AvgIpc) is 2.57. The van der Waals surface area contributed by atoms with Gasteiger partial charge in [0.1, 0.15) is 5.69 Å². The summed E-state index contributed by atoms with van der Waals surface area (Å²) < 4.78 is 1.17. The van der Waals surface area contributed by atoms with Gasteiger partial charge >= 0.3 is 0 Å². The van der Waals surface area contributed by atoms with Gasteiger partial charge in [0, 0.05) is 37.8 Å². The fourth-order valence-corrected chi connectivity index (χ4v) is 2.92. The highest BCUT2D eigenvalue weighted by molar-refractivity contribution is 6.30. The first kappa shape index (κ1) is 15.7. The van der Waals surface area contributed by atoms with Gasteiger partial charge < -0.3 is 10.2 Å². The Hall–Kier alpha value is -2.18. The van der Waals surface area contributed by atoms with E-state index in [1.54, 1.807) is 4.90 Å². The van der Waals surface area contributed by atoms with Crippen molar-refractivity contribution < 1.29 is 4.79 Å². The van der Waals surface area contributed by atoms with Gasteiger partial charge in [-0.05, 0) is 23.8 Å². The molecule has 0 saturated carbocycles. The molecule has 2 heterocycles. The highest BCUT2D eigenvalue weighted by Crippen LogP contribution is 2.25. The van der Waals surface area contributed by atoms with E-state index in [-0.39, 0.29) is 23.2 Å². The maximum Gasteiger partial charge on any atom is 0.274 e. The highest BCUT2D eigenvalue weighted by atomic mass is 35.5. The van der Waals surface area contributed by atoms with Crippen LogP contribution in [0.15, 0.2) is 41.2 Å². The number of benzene rings is 1. The molecular weight excluding hydrogens is 316 g/mol. The summed E-state index contributed by atoms with van der Waals surface area (Å²) in [5, 5.41) is 8.00. The van der Waals surface area contributed by atoms with Crippen LogP contribution in [-0.4, -0.2) is 40.2 Å². The second kappa shape index (κ2) is 6.52. The molecule has 1 amide bonds. The number of aromatic nitrogens is 2. The predicted octanol–water partition coefficient (Wildman–Crippen LogP) is 1.22. The van der Waals surface area contributed by atoms with Crippen molar-refractivity contribution in [3.8, 4) is 0 Å². The lowest BCUT2D eigenvalue weighted by Gasteiger charge is -2.36. The number of carbonyl (C=O) groups excluding carboxylic acids is 1. The van der Waals surface area contributed by atoms with Gasteiger partial charge in [-0.2, -0.15) is 5.10 Å². The van der Waals surface area contributed by atoms with Gasteiger partial charge in [-0.15, -0.1) is 0 Å². The number of nitrogens with one attached hydrogen (secondary N) is 1. The molecule has 1 aromatic heterocycles. The van der Waals surface area contributed by atoms with E-state index in [0.29, 0.717) is 24.7 Å². The van der Waals surface area contributed by atoms with E-state index < -0.39 is 0 Å². The number of carbonyl (C=O) groups is 1. The van der Waals surface area contributed by atoms with Crippen LogP contribution in [0.25, 0.3) is 0 Å². The zero-order valence-electron chi connectivity index (χ0n) is 12.7. The van der Waals surface area contributed by atoms with Crippen LogP contribution in [0.5, 0.6) is 0 Å². The summed E-state index contributed by atoms with van der Waals surface area (Å²) in [6.45, 7) is 1.94. The Kier molecular flexibility index (Phi) is 4.45. The van der Waals surface area contributed by atoms with Crippen molar-refractivity contribution in [3.05, 3.63) is 63.0 Å². The van der Waals surface area contributed by atoms with Gasteiger partial charge in [-0.25, -0.2) is 4.68 Å². The predicted molar refractivity (Wildman–Crippen MR) is 87.6 cm³/mol. The summed E-state index contributed by atoms with van der Waals surface area (Å²) in [7, 11) is 1.53. The molecule has 0 aliphatic carbocycles. The molecule has 7 heteroatoms. The summed E-state index contributed by atoms with van der Waals surface area (Å²) in [6.07, 6.45) is 0. The zero-order valence-corrected chi connectivity index (χ0v) is 13.5. The molecule has 0 bridgehead atoms. The minimum Gasteiger partial charge on any atom is -0.328 e. The van der Waals surface area contributed by atoms with Gasteiger partial charge in [0.05, 0.1) is 6.04 Å². The van der Waals surface area contributed by atoms with Crippen molar-refractivity contribution in [1.29, 1.82) is 0 Å². The van der Waals surface area contributed by atoms with Crippen molar-refractivity contribution in [2.45, 2.75) is 6.04 Å². The van der Waals surface area contributed by atoms with E-state index in [9.17, 15) is 9.59 Å². The van der Waals surface area contributed by atoms with Crippen molar-refractivity contribution in [1.82, 2.24) is 20.0 Å². The fraction of sp³-hybridized carbons (Fsp3) is 0.312. The lowest BCUT2D eigenvalue weighted by molar-refractivity contribution is 0.0625. The Morgan fingerprint density at radius 1 is 1.35 bits per heavy atom. The zero-order chi connectivity index (χ0) is 16.4. The number of amides is 1. The molecule has 1 unspecified atom stereocenters. The van der Waals surface area contributed by atoms with Crippen molar-refractivity contribution in [2.75, 3.05) is 19.6 Å². The number of piperazine rings is 1. The summed E-state index contributed by atoms with van der Waals surface area (Å²) in [6, 6.07) is 10.2. The number of nitrogens with zero attached hydrogens (tertiary/aromatic N) is 3. The van der Waals surface area contributed by atoms with E-state index >= 15 is 0 Å². The molecule has 6 nitrogen and oxygen atoms in total. The minimum atomic E-state index is -0.242. The highest BCUT2D eigenvalue weighted by Gasteiger charge is 2.29. The molecule has 1 aliphatic rings. The number of halogens is 1. The summed E-state index contributed by atoms with van der Waals surface area (Å²) in [5.41, 5.74) is 0.997. The molecule has 1 N–H and O–H groups in total. The van der Waals surface area contributed by atoms with Crippen molar-refractivity contribution in [2.24, 2.45) is 7.05 Å². The molecule has 0 radical (unpaired) electrons. The van der Waals surface area contributed by atoms with Crippen molar-refractivity contribution >= 4 is 17.5 Å².